The van der Waals surface area contributed by atoms with Crippen LogP contribution in [0.1, 0.15) is 17.0 Å². The summed E-state index contributed by atoms with van der Waals surface area (Å²) in [5.41, 5.74) is 0.748. The monoisotopic (exact) mass is 249 g/mol. The van der Waals surface area contributed by atoms with E-state index in [1.165, 1.54) is 0 Å². The van der Waals surface area contributed by atoms with Crippen LogP contribution in [0.25, 0.3) is 11.0 Å². The van der Waals surface area contributed by atoms with Gasteiger partial charge >= 0.3 is 0 Å². The van der Waals surface area contributed by atoms with Crippen molar-refractivity contribution in [3.63, 3.8) is 0 Å². The van der Waals surface area contributed by atoms with E-state index >= 15 is 0 Å². The molecule has 0 saturated carbocycles. The van der Waals surface area contributed by atoms with Gasteiger partial charge in [-0.2, -0.15) is 0 Å². The molecule has 1 unspecified atom stereocenters. The van der Waals surface area contributed by atoms with Gasteiger partial charge in [-0.3, -0.25) is 4.79 Å². The number of rotatable bonds is 1. The molecule has 3 rings (SSSR count). The van der Waals surface area contributed by atoms with Crippen molar-refractivity contribution >= 4 is 28.5 Å². The minimum atomic E-state index is -0.0654. The fourth-order valence-corrected chi connectivity index (χ4v) is 2.41. The first-order chi connectivity index (χ1) is 8.24. The number of para-hydroxylation sites is 1. The van der Waals surface area contributed by atoms with E-state index in [-0.39, 0.29) is 11.3 Å². The van der Waals surface area contributed by atoms with Crippen molar-refractivity contribution in [1.29, 1.82) is 0 Å². The maximum Gasteiger partial charge on any atom is 0.289 e. The maximum atomic E-state index is 12.1. The molecule has 1 atom stereocenters. The Morgan fingerprint density at radius 3 is 2.94 bits per heavy atom. The molecular formula is C13H12ClNO2. The molecule has 0 spiro atoms. The second kappa shape index (κ2) is 4.08. The molecule has 1 aliphatic heterocycles. The van der Waals surface area contributed by atoms with E-state index in [1.54, 1.807) is 11.0 Å². The van der Waals surface area contributed by atoms with Crippen molar-refractivity contribution in [1.82, 2.24) is 4.90 Å². The number of alkyl halides is 1. The smallest absolute Gasteiger partial charge is 0.289 e. The van der Waals surface area contributed by atoms with Gasteiger partial charge in [0.05, 0.1) is 5.38 Å². The summed E-state index contributed by atoms with van der Waals surface area (Å²) in [4.78, 5) is 13.9. The summed E-state index contributed by atoms with van der Waals surface area (Å²) >= 11 is 5.99. The Morgan fingerprint density at radius 1 is 1.41 bits per heavy atom. The summed E-state index contributed by atoms with van der Waals surface area (Å²) in [5, 5.41) is 1.03. The fraction of sp³-hybridized carbons (Fsp3) is 0.308. The van der Waals surface area contributed by atoms with E-state index in [0.29, 0.717) is 18.8 Å². The van der Waals surface area contributed by atoms with Crippen molar-refractivity contribution in [2.24, 2.45) is 0 Å². The van der Waals surface area contributed by atoms with E-state index in [0.717, 1.165) is 17.4 Å². The van der Waals surface area contributed by atoms with Gasteiger partial charge in [0.1, 0.15) is 5.58 Å². The molecule has 88 valence electrons. The molecule has 0 N–H and O–H groups in total. The predicted molar refractivity (Wildman–Crippen MR) is 66.4 cm³/mol. The molecule has 1 amide bonds. The van der Waals surface area contributed by atoms with E-state index in [2.05, 4.69) is 0 Å². The molecule has 1 fully saturated rings. The number of carbonyl (C=O) groups excluding carboxylic acids is 1. The van der Waals surface area contributed by atoms with Crippen LogP contribution in [-0.4, -0.2) is 29.3 Å². The molecule has 3 nitrogen and oxygen atoms in total. The number of likely N-dealkylation sites (tertiary alicyclic amines) is 1. The summed E-state index contributed by atoms with van der Waals surface area (Å²) in [7, 11) is 0. The number of carbonyl (C=O) groups is 1. The topological polar surface area (TPSA) is 33.5 Å². The van der Waals surface area contributed by atoms with Crippen LogP contribution in [0.3, 0.4) is 0 Å². The molecule has 1 aromatic carbocycles. The highest BCUT2D eigenvalue weighted by Crippen LogP contribution is 2.22. The Kier molecular flexibility index (Phi) is 2.56. The summed E-state index contributed by atoms with van der Waals surface area (Å²) < 4.78 is 5.54. The molecule has 1 aliphatic rings. The third-order valence-corrected chi connectivity index (χ3v) is 3.41. The lowest BCUT2D eigenvalue weighted by Crippen LogP contribution is -2.28. The van der Waals surface area contributed by atoms with Gasteiger partial charge in [-0.15, -0.1) is 11.6 Å². The van der Waals surface area contributed by atoms with Crippen LogP contribution >= 0.6 is 11.6 Å². The number of nitrogens with zero attached hydrogens (tertiary/aromatic N) is 1. The largest absolute Gasteiger partial charge is 0.451 e. The second-order valence-electron chi connectivity index (χ2n) is 4.29. The second-order valence-corrected chi connectivity index (χ2v) is 4.90. The van der Waals surface area contributed by atoms with Gasteiger partial charge in [-0.25, -0.2) is 0 Å². The Hall–Kier alpha value is -1.48. The lowest BCUT2D eigenvalue weighted by molar-refractivity contribution is 0.0764. The predicted octanol–water partition coefficient (Wildman–Crippen LogP) is 2.89. The van der Waals surface area contributed by atoms with Crippen molar-refractivity contribution in [3.8, 4) is 0 Å². The summed E-state index contributed by atoms with van der Waals surface area (Å²) in [6.45, 7) is 1.32. The van der Waals surface area contributed by atoms with Crippen LogP contribution in [0.15, 0.2) is 34.7 Å². The summed E-state index contributed by atoms with van der Waals surface area (Å²) in [6.07, 6.45) is 0.855. The molecule has 1 aromatic heterocycles. The van der Waals surface area contributed by atoms with Crippen LogP contribution < -0.4 is 0 Å². The Morgan fingerprint density at radius 2 is 2.24 bits per heavy atom. The van der Waals surface area contributed by atoms with E-state index in [1.807, 2.05) is 24.3 Å². The molecule has 2 heterocycles. The number of amides is 1. The highest BCUT2D eigenvalue weighted by Gasteiger charge is 2.27. The third kappa shape index (κ3) is 1.91. The van der Waals surface area contributed by atoms with Gasteiger partial charge in [0.15, 0.2) is 5.76 Å². The highest BCUT2D eigenvalue weighted by atomic mass is 35.5. The number of hydrogen-bond donors (Lipinski definition) is 0. The zero-order chi connectivity index (χ0) is 11.8. The third-order valence-electron chi connectivity index (χ3n) is 3.05. The number of hydrogen-bond acceptors (Lipinski definition) is 2. The Labute approximate surface area is 104 Å². The molecule has 1 saturated heterocycles. The van der Waals surface area contributed by atoms with Gasteiger partial charge in [-0.05, 0) is 18.6 Å². The van der Waals surface area contributed by atoms with Gasteiger partial charge < -0.3 is 9.32 Å². The van der Waals surface area contributed by atoms with E-state index in [9.17, 15) is 4.79 Å². The number of furan rings is 1. The SMILES string of the molecule is O=C(c1cc2ccccc2o1)N1CCC(Cl)C1. The maximum absolute atomic E-state index is 12.1. The van der Waals surface area contributed by atoms with Crippen molar-refractivity contribution in [2.75, 3.05) is 13.1 Å². The zero-order valence-electron chi connectivity index (χ0n) is 9.23. The van der Waals surface area contributed by atoms with Crippen molar-refractivity contribution in [3.05, 3.63) is 36.1 Å². The lowest BCUT2D eigenvalue weighted by atomic mass is 10.2. The van der Waals surface area contributed by atoms with E-state index in [4.69, 9.17) is 16.0 Å². The normalized spacial score (nSPS) is 20.1. The number of benzene rings is 1. The summed E-state index contributed by atoms with van der Waals surface area (Å²) in [6, 6.07) is 9.41. The Balaban J connectivity index is 1.90. The molecule has 4 heteroatoms. The first kappa shape index (κ1) is 10.7. The first-order valence-electron chi connectivity index (χ1n) is 5.66. The molecule has 2 aromatic rings. The zero-order valence-corrected chi connectivity index (χ0v) is 9.98. The first-order valence-corrected chi connectivity index (χ1v) is 6.09. The lowest BCUT2D eigenvalue weighted by Gasteiger charge is -2.12. The van der Waals surface area contributed by atoms with Gasteiger partial charge in [0.2, 0.25) is 0 Å². The van der Waals surface area contributed by atoms with Crippen LogP contribution in [-0.2, 0) is 0 Å². The summed E-state index contributed by atoms with van der Waals surface area (Å²) in [5.74, 6) is 0.335. The van der Waals surface area contributed by atoms with Crippen molar-refractivity contribution < 1.29 is 9.21 Å². The van der Waals surface area contributed by atoms with Crippen molar-refractivity contribution in [2.45, 2.75) is 11.8 Å². The molecule has 17 heavy (non-hydrogen) atoms. The fourth-order valence-electron chi connectivity index (χ4n) is 2.15. The minimum Gasteiger partial charge on any atom is -0.451 e. The minimum absolute atomic E-state index is 0.0654. The highest BCUT2D eigenvalue weighted by molar-refractivity contribution is 6.21. The molecule has 0 aliphatic carbocycles. The number of fused-ring (bicyclic) bond motifs is 1. The van der Waals surface area contributed by atoms with Gasteiger partial charge in [-0.1, -0.05) is 18.2 Å². The average molecular weight is 250 g/mol. The quantitative estimate of drug-likeness (QED) is 0.728. The Bertz CT molecular complexity index is 530. The van der Waals surface area contributed by atoms with Crippen LogP contribution in [0, 0.1) is 0 Å². The van der Waals surface area contributed by atoms with Crippen LogP contribution in [0.4, 0.5) is 0 Å². The van der Waals surface area contributed by atoms with E-state index < -0.39 is 0 Å². The standard InChI is InChI=1S/C13H12ClNO2/c14-10-5-6-15(8-10)13(16)12-7-9-3-1-2-4-11(9)17-12/h1-4,7,10H,5-6,8H2. The number of halogens is 1. The van der Waals surface area contributed by atoms with Crippen LogP contribution in [0.2, 0.25) is 0 Å². The molecule has 0 radical (unpaired) electrons. The molecular weight excluding hydrogens is 238 g/mol. The molecule has 0 bridgehead atoms. The van der Waals surface area contributed by atoms with Crippen LogP contribution in [0.5, 0.6) is 0 Å². The average Bonchev–Trinajstić information content (AvgIpc) is 2.93. The van der Waals surface area contributed by atoms with Gasteiger partial charge in [0, 0.05) is 18.5 Å². The van der Waals surface area contributed by atoms with Gasteiger partial charge in [0.25, 0.3) is 5.91 Å².